The molecular formula is C17H13BrN2O2. The molecule has 0 radical (unpaired) electrons. The number of benzene rings is 2. The summed E-state index contributed by atoms with van der Waals surface area (Å²) >= 11 is 3.50. The van der Waals surface area contributed by atoms with Gasteiger partial charge in [0, 0.05) is 17.0 Å². The van der Waals surface area contributed by atoms with E-state index >= 15 is 0 Å². The number of carbonyl (C=O) groups is 1. The van der Waals surface area contributed by atoms with E-state index in [1.807, 2.05) is 42.5 Å². The van der Waals surface area contributed by atoms with Crippen LogP contribution < -0.4 is 0 Å². The van der Waals surface area contributed by atoms with E-state index in [0.29, 0.717) is 6.42 Å². The number of fused-ring (bicyclic) bond motifs is 1. The first-order valence-electron chi connectivity index (χ1n) is 6.75. The topological polar surface area (TPSA) is 66.0 Å². The number of aliphatic carboxylic acids is 1. The van der Waals surface area contributed by atoms with E-state index in [2.05, 4.69) is 25.9 Å². The summed E-state index contributed by atoms with van der Waals surface area (Å²) in [6, 6.07) is 13.7. The second-order valence-corrected chi connectivity index (χ2v) is 5.76. The van der Waals surface area contributed by atoms with Gasteiger partial charge >= 0.3 is 5.97 Å². The predicted molar refractivity (Wildman–Crippen MR) is 89.7 cm³/mol. The van der Waals surface area contributed by atoms with Gasteiger partial charge < -0.3 is 10.1 Å². The van der Waals surface area contributed by atoms with Crippen LogP contribution in [0.3, 0.4) is 0 Å². The number of nitrogens with zero attached hydrogens (tertiary/aromatic N) is 1. The lowest BCUT2D eigenvalue weighted by molar-refractivity contribution is -0.131. The Morgan fingerprint density at radius 2 is 2.00 bits per heavy atom. The number of nitrogens with one attached hydrogen (secondary N) is 1. The molecule has 22 heavy (non-hydrogen) atoms. The average molecular weight is 357 g/mol. The Labute approximate surface area is 135 Å². The number of rotatable bonds is 4. The highest BCUT2D eigenvalue weighted by atomic mass is 79.9. The number of hydrogen-bond acceptors (Lipinski definition) is 2. The molecule has 0 saturated heterocycles. The molecule has 0 aliphatic heterocycles. The minimum absolute atomic E-state index is 0.698. The molecule has 110 valence electrons. The molecule has 0 fully saturated rings. The van der Waals surface area contributed by atoms with Gasteiger partial charge in [0.25, 0.3) is 0 Å². The van der Waals surface area contributed by atoms with Gasteiger partial charge in [-0.25, -0.2) is 9.78 Å². The van der Waals surface area contributed by atoms with Gasteiger partial charge in [-0.1, -0.05) is 30.3 Å². The van der Waals surface area contributed by atoms with Crippen molar-refractivity contribution < 1.29 is 9.90 Å². The van der Waals surface area contributed by atoms with Crippen molar-refractivity contribution >= 4 is 39.0 Å². The highest BCUT2D eigenvalue weighted by Crippen LogP contribution is 2.22. The highest BCUT2D eigenvalue weighted by Gasteiger charge is 2.06. The summed E-state index contributed by atoms with van der Waals surface area (Å²) in [5.41, 5.74) is 3.91. The van der Waals surface area contributed by atoms with Crippen molar-refractivity contribution in [2.24, 2.45) is 0 Å². The fourth-order valence-corrected chi connectivity index (χ4v) is 2.69. The van der Waals surface area contributed by atoms with E-state index in [-0.39, 0.29) is 0 Å². The van der Waals surface area contributed by atoms with Crippen LogP contribution >= 0.6 is 15.9 Å². The van der Waals surface area contributed by atoms with E-state index in [0.717, 1.165) is 38.5 Å². The second-order valence-electron chi connectivity index (χ2n) is 4.91. The van der Waals surface area contributed by atoms with Gasteiger partial charge in [-0.15, -0.1) is 0 Å². The molecule has 0 bridgehead atoms. The lowest BCUT2D eigenvalue weighted by Gasteiger charge is -1.99. The first kappa shape index (κ1) is 14.5. The first-order valence-corrected chi connectivity index (χ1v) is 7.54. The molecule has 5 heteroatoms. The number of H-pyrrole nitrogens is 1. The SMILES string of the molecule is O=C(O)C=Cc1ccc(Cc2nc3c(Br)cccc3[nH]2)cc1. The molecule has 0 saturated carbocycles. The fraction of sp³-hybridized carbons (Fsp3) is 0.0588. The molecule has 1 heterocycles. The molecule has 2 N–H and O–H groups in total. The van der Waals surface area contributed by atoms with Gasteiger partial charge in [0.1, 0.15) is 11.3 Å². The lowest BCUT2D eigenvalue weighted by Crippen LogP contribution is -1.91. The molecule has 2 aromatic carbocycles. The standard InChI is InChI=1S/C17H13BrN2O2/c18-13-2-1-3-14-17(13)20-15(19-14)10-12-6-4-11(5-7-12)8-9-16(21)22/h1-9H,10H2,(H,19,20)(H,21,22). The van der Waals surface area contributed by atoms with Gasteiger partial charge in [0.2, 0.25) is 0 Å². The molecule has 4 nitrogen and oxygen atoms in total. The van der Waals surface area contributed by atoms with Crippen LogP contribution in [-0.2, 0) is 11.2 Å². The Balaban J connectivity index is 1.80. The van der Waals surface area contributed by atoms with Crippen molar-refractivity contribution in [3.05, 3.63) is 70.0 Å². The van der Waals surface area contributed by atoms with E-state index in [4.69, 9.17) is 5.11 Å². The lowest BCUT2D eigenvalue weighted by atomic mass is 10.1. The summed E-state index contributed by atoms with van der Waals surface area (Å²) in [6.45, 7) is 0. The smallest absolute Gasteiger partial charge is 0.328 e. The molecule has 1 aromatic heterocycles. The molecular weight excluding hydrogens is 344 g/mol. The van der Waals surface area contributed by atoms with Crippen LogP contribution in [0.5, 0.6) is 0 Å². The molecule has 0 unspecified atom stereocenters. The number of aromatic amines is 1. The fourth-order valence-electron chi connectivity index (χ4n) is 2.24. The third-order valence-electron chi connectivity index (χ3n) is 3.28. The van der Waals surface area contributed by atoms with Crippen LogP contribution in [0.2, 0.25) is 0 Å². The second kappa shape index (κ2) is 6.15. The molecule has 0 aliphatic rings. The van der Waals surface area contributed by atoms with Crippen LogP contribution in [0.15, 0.2) is 53.0 Å². The summed E-state index contributed by atoms with van der Waals surface area (Å²) in [5, 5.41) is 8.61. The van der Waals surface area contributed by atoms with Crippen LogP contribution in [0.25, 0.3) is 17.1 Å². The molecule has 0 atom stereocenters. The van der Waals surface area contributed by atoms with E-state index in [1.54, 1.807) is 6.08 Å². The Bertz CT molecular complexity index is 851. The van der Waals surface area contributed by atoms with E-state index in [9.17, 15) is 4.79 Å². The van der Waals surface area contributed by atoms with Crippen molar-refractivity contribution in [3.8, 4) is 0 Å². The molecule has 3 aromatic rings. The Kier molecular flexibility index (Phi) is 4.06. The zero-order chi connectivity index (χ0) is 15.5. The summed E-state index contributed by atoms with van der Waals surface area (Å²) < 4.78 is 0.974. The first-order chi connectivity index (χ1) is 10.6. The number of carboxylic acids is 1. The number of halogens is 1. The number of para-hydroxylation sites is 1. The van der Waals surface area contributed by atoms with E-state index < -0.39 is 5.97 Å². The Morgan fingerprint density at radius 3 is 2.68 bits per heavy atom. The predicted octanol–water partition coefficient (Wildman–Crippen LogP) is 4.01. The summed E-state index contributed by atoms with van der Waals surface area (Å²) in [4.78, 5) is 18.4. The maximum Gasteiger partial charge on any atom is 0.328 e. The van der Waals surface area contributed by atoms with Gasteiger partial charge in [-0.2, -0.15) is 0 Å². The van der Waals surface area contributed by atoms with Crippen LogP contribution in [0, 0.1) is 0 Å². The third kappa shape index (κ3) is 3.26. The van der Waals surface area contributed by atoms with E-state index in [1.165, 1.54) is 0 Å². The van der Waals surface area contributed by atoms with Crippen LogP contribution in [-0.4, -0.2) is 21.0 Å². The zero-order valence-corrected chi connectivity index (χ0v) is 13.2. The van der Waals surface area contributed by atoms with Crippen LogP contribution in [0.1, 0.15) is 17.0 Å². The maximum atomic E-state index is 10.5. The monoisotopic (exact) mass is 356 g/mol. The number of hydrogen-bond donors (Lipinski definition) is 2. The average Bonchev–Trinajstić information content (AvgIpc) is 2.90. The summed E-state index contributed by atoms with van der Waals surface area (Å²) in [6.07, 6.45) is 3.40. The Hall–Kier alpha value is -2.40. The molecule has 0 amide bonds. The van der Waals surface area contributed by atoms with Crippen molar-refractivity contribution in [3.63, 3.8) is 0 Å². The van der Waals surface area contributed by atoms with Crippen molar-refractivity contribution in [1.29, 1.82) is 0 Å². The zero-order valence-electron chi connectivity index (χ0n) is 11.6. The maximum absolute atomic E-state index is 10.5. The molecule has 3 rings (SSSR count). The number of carboxylic acid groups (broad SMARTS) is 1. The number of aromatic nitrogens is 2. The molecule has 0 aliphatic carbocycles. The van der Waals surface area contributed by atoms with Crippen molar-refractivity contribution in [1.82, 2.24) is 9.97 Å². The normalized spacial score (nSPS) is 11.3. The third-order valence-corrected chi connectivity index (χ3v) is 3.92. The summed E-state index contributed by atoms with van der Waals surface area (Å²) in [7, 11) is 0. The minimum atomic E-state index is -0.947. The molecule has 0 spiro atoms. The largest absolute Gasteiger partial charge is 0.478 e. The Morgan fingerprint density at radius 1 is 1.23 bits per heavy atom. The van der Waals surface area contributed by atoms with Crippen molar-refractivity contribution in [2.45, 2.75) is 6.42 Å². The summed E-state index contributed by atoms with van der Waals surface area (Å²) in [5.74, 6) is -0.0485. The quantitative estimate of drug-likeness (QED) is 0.694. The van der Waals surface area contributed by atoms with Gasteiger partial charge in [0.15, 0.2) is 0 Å². The van der Waals surface area contributed by atoms with Gasteiger partial charge in [-0.05, 0) is 45.3 Å². The van der Waals surface area contributed by atoms with Crippen LogP contribution in [0.4, 0.5) is 0 Å². The number of imidazole rings is 1. The highest BCUT2D eigenvalue weighted by molar-refractivity contribution is 9.10. The van der Waals surface area contributed by atoms with Gasteiger partial charge in [-0.3, -0.25) is 0 Å². The van der Waals surface area contributed by atoms with Gasteiger partial charge in [0.05, 0.1) is 5.52 Å². The van der Waals surface area contributed by atoms with Crippen molar-refractivity contribution in [2.75, 3.05) is 0 Å². The minimum Gasteiger partial charge on any atom is -0.478 e.